The number of morpholine rings is 1. The number of ether oxygens (including phenoxy) is 1. The molecule has 0 bridgehead atoms. The molecule has 1 fully saturated rings. The highest BCUT2D eigenvalue weighted by atomic mass is 32.2. The molecule has 0 aliphatic carbocycles. The lowest BCUT2D eigenvalue weighted by Gasteiger charge is -2.31. The summed E-state index contributed by atoms with van der Waals surface area (Å²) in [7, 11) is -3.26. The van der Waals surface area contributed by atoms with Crippen molar-refractivity contribution in [3.63, 3.8) is 0 Å². The third-order valence-corrected chi connectivity index (χ3v) is 3.94. The molecule has 1 saturated heterocycles. The molecule has 0 aromatic heterocycles. The van der Waals surface area contributed by atoms with Crippen molar-refractivity contribution < 1.29 is 18.3 Å². The van der Waals surface area contributed by atoms with Crippen molar-refractivity contribution in [3.8, 4) is 0 Å². The van der Waals surface area contributed by atoms with E-state index in [4.69, 9.17) is 15.6 Å². The maximum Gasteiger partial charge on any atom is 0.215 e. The van der Waals surface area contributed by atoms with E-state index in [9.17, 15) is 8.42 Å². The maximum atomic E-state index is 11.6. The minimum atomic E-state index is -3.26. The van der Waals surface area contributed by atoms with Gasteiger partial charge in [0.25, 0.3) is 0 Å². The van der Waals surface area contributed by atoms with Gasteiger partial charge < -0.3 is 15.6 Å². The number of hydrogen-bond acceptors (Lipinski definition) is 5. The van der Waals surface area contributed by atoms with Gasteiger partial charge in [-0.25, -0.2) is 8.42 Å². The van der Waals surface area contributed by atoms with Gasteiger partial charge in [0.2, 0.25) is 10.0 Å². The number of nitrogens with zero attached hydrogens (tertiary/aromatic N) is 1. The molecule has 1 rings (SSSR count). The molecule has 0 aromatic carbocycles. The smallest absolute Gasteiger partial charge is 0.215 e. The highest BCUT2D eigenvalue weighted by molar-refractivity contribution is 7.89. The highest BCUT2D eigenvalue weighted by Gasteiger charge is 2.28. The van der Waals surface area contributed by atoms with Gasteiger partial charge in [-0.15, -0.1) is 0 Å². The van der Waals surface area contributed by atoms with Crippen LogP contribution in [0.5, 0.6) is 0 Å². The third-order valence-electron chi connectivity index (χ3n) is 2.07. The summed E-state index contributed by atoms with van der Waals surface area (Å²) in [5, 5.41) is 8.83. The zero-order chi connectivity index (χ0) is 10.6. The Labute approximate surface area is 83.7 Å². The van der Waals surface area contributed by atoms with Gasteiger partial charge in [0, 0.05) is 19.6 Å². The van der Waals surface area contributed by atoms with Crippen molar-refractivity contribution in [2.24, 2.45) is 5.73 Å². The van der Waals surface area contributed by atoms with Crippen molar-refractivity contribution in [1.29, 1.82) is 0 Å². The van der Waals surface area contributed by atoms with E-state index in [1.807, 2.05) is 0 Å². The number of hydrogen-bond donors (Lipinski definition) is 2. The molecule has 0 aromatic rings. The average Bonchev–Trinajstić information content (AvgIpc) is 2.18. The van der Waals surface area contributed by atoms with Crippen LogP contribution in [0.25, 0.3) is 0 Å². The van der Waals surface area contributed by atoms with Gasteiger partial charge in [-0.2, -0.15) is 4.31 Å². The Hall–Kier alpha value is -0.210. The van der Waals surface area contributed by atoms with Crippen LogP contribution in [0.4, 0.5) is 0 Å². The number of aliphatic hydroxyl groups excluding tert-OH is 1. The zero-order valence-corrected chi connectivity index (χ0v) is 8.74. The number of sulfonamides is 1. The standard InChI is InChI=1S/C7H16N2O4S/c8-1-4-14(11,12)9-2-3-13-7(5-9)6-10/h7,10H,1-6,8H2. The minimum absolute atomic E-state index is 0.0504. The molecular formula is C7H16N2O4S. The Morgan fingerprint density at radius 1 is 1.57 bits per heavy atom. The molecule has 6 nitrogen and oxygen atoms in total. The van der Waals surface area contributed by atoms with Gasteiger partial charge >= 0.3 is 0 Å². The first-order valence-corrected chi connectivity index (χ1v) is 6.11. The molecule has 1 atom stereocenters. The second-order valence-electron chi connectivity index (χ2n) is 3.14. The van der Waals surface area contributed by atoms with Crippen LogP contribution >= 0.6 is 0 Å². The number of nitrogens with two attached hydrogens (primary N) is 1. The quantitative estimate of drug-likeness (QED) is 0.574. The number of aliphatic hydroxyl groups is 1. The molecule has 84 valence electrons. The van der Waals surface area contributed by atoms with Gasteiger partial charge in [0.05, 0.1) is 25.1 Å². The Balaban J connectivity index is 2.59. The molecule has 1 aliphatic rings. The second-order valence-corrected chi connectivity index (χ2v) is 5.23. The summed E-state index contributed by atoms with van der Waals surface area (Å²) >= 11 is 0. The van der Waals surface area contributed by atoms with Gasteiger partial charge in [0.1, 0.15) is 0 Å². The summed E-state index contributed by atoms with van der Waals surface area (Å²) in [5.41, 5.74) is 5.20. The fraction of sp³-hybridized carbons (Fsp3) is 1.00. The van der Waals surface area contributed by atoms with Crippen LogP contribution in [0.15, 0.2) is 0 Å². The molecule has 14 heavy (non-hydrogen) atoms. The molecule has 1 aliphatic heterocycles. The second kappa shape index (κ2) is 5.04. The van der Waals surface area contributed by atoms with Gasteiger partial charge in [-0.3, -0.25) is 0 Å². The summed E-state index contributed by atoms with van der Waals surface area (Å²) in [6, 6.07) is 0. The first-order valence-electron chi connectivity index (χ1n) is 4.50. The Kier molecular flexibility index (Phi) is 4.27. The summed E-state index contributed by atoms with van der Waals surface area (Å²) in [5.74, 6) is -0.0504. The molecule has 3 N–H and O–H groups in total. The van der Waals surface area contributed by atoms with E-state index in [1.165, 1.54) is 4.31 Å². The first kappa shape index (κ1) is 11.9. The van der Waals surface area contributed by atoms with Crippen molar-refractivity contribution >= 4 is 10.0 Å². The maximum absolute atomic E-state index is 11.6. The van der Waals surface area contributed by atoms with E-state index >= 15 is 0 Å². The predicted octanol–water partition coefficient (Wildman–Crippen LogP) is -2.03. The molecule has 0 saturated carbocycles. The van der Waals surface area contributed by atoms with Crippen molar-refractivity contribution in [2.45, 2.75) is 6.10 Å². The van der Waals surface area contributed by atoms with Crippen molar-refractivity contribution in [3.05, 3.63) is 0 Å². The topological polar surface area (TPSA) is 92.9 Å². The third kappa shape index (κ3) is 2.89. The summed E-state index contributed by atoms with van der Waals surface area (Å²) in [6.07, 6.45) is -0.406. The lowest BCUT2D eigenvalue weighted by atomic mass is 10.3. The molecule has 1 unspecified atom stereocenters. The molecular weight excluding hydrogens is 208 g/mol. The van der Waals surface area contributed by atoms with E-state index in [0.717, 1.165) is 0 Å². The monoisotopic (exact) mass is 224 g/mol. The Morgan fingerprint density at radius 3 is 2.86 bits per heavy atom. The van der Waals surface area contributed by atoms with Crippen molar-refractivity contribution in [2.75, 3.05) is 38.6 Å². The van der Waals surface area contributed by atoms with Gasteiger partial charge in [-0.1, -0.05) is 0 Å². The van der Waals surface area contributed by atoms with E-state index in [1.54, 1.807) is 0 Å². The largest absolute Gasteiger partial charge is 0.394 e. The van der Waals surface area contributed by atoms with E-state index in [0.29, 0.717) is 13.2 Å². The molecule has 7 heteroatoms. The fourth-order valence-electron chi connectivity index (χ4n) is 1.33. The summed E-state index contributed by atoms with van der Waals surface area (Å²) in [6.45, 7) is 0.852. The predicted molar refractivity (Wildman–Crippen MR) is 51.2 cm³/mol. The van der Waals surface area contributed by atoms with Gasteiger partial charge in [0.15, 0.2) is 0 Å². The van der Waals surface area contributed by atoms with E-state index in [-0.39, 0.29) is 25.4 Å². The van der Waals surface area contributed by atoms with Crippen LogP contribution in [0.1, 0.15) is 0 Å². The first-order chi connectivity index (χ1) is 6.60. The van der Waals surface area contributed by atoms with Gasteiger partial charge in [-0.05, 0) is 0 Å². The summed E-state index contributed by atoms with van der Waals surface area (Å²) < 4.78 is 29.6. The zero-order valence-electron chi connectivity index (χ0n) is 7.92. The lowest BCUT2D eigenvalue weighted by molar-refractivity contribution is -0.0304. The SMILES string of the molecule is NCCS(=O)(=O)N1CCOC(CO)C1. The van der Waals surface area contributed by atoms with Crippen molar-refractivity contribution in [1.82, 2.24) is 4.31 Å². The fourth-order valence-corrected chi connectivity index (χ4v) is 2.64. The molecule has 0 amide bonds. The average molecular weight is 224 g/mol. The molecule has 0 spiro atoms. The van der Waals surface area contributed by atoms with E-state index in [2.05, 4.69) is 0 Å². The van der Waals surface area contributed by atoms with Crippen LogP contribution in [-0.2, 0) is 14.8 Å². The Bertz CT molecular complexity index is 267. The molecule has 1 heterocycles. The minimum Gasteiger partial charge on any atom is -0.394 e. The number of rotatable bonds is 4. The lowest BCUT2D eigenvalue weighted by Crippen LogP contribution is -2.48. The normalized spacial score (nSPS) is 25.1. The Morgan fingerprint density at radius 2 is 2.29 bits per heavy atom. The van der Waals surface area contributed by atoms with Crippen LogP contribution in [0.2, 0.25) is 0 Å². The van der Waals surface area contributed by atoms with Crippen LogP contribution < -0.4 is 5.73 Å². The van der Waals surface area contributed by atoms with Crippen LogP contribution in [0.3, 0.4) is 0 Å². The molecule has 0 radical (unpaired) electrons. The van der Waals surface area contributed by atoms with Crippen LogP contribution in [-0.4, -0.2) is 62.5 Å². The van der Waals surface area contributed by atoms with Crippen LogP contribution in [0, 0.1) is 0 Å². The van der Waals surface area contributed by atoms with E-state index < -0.39 is 16.1 Å². The highest BCUT2D eigenvalue weighted by Crippen LogP contribution is 2.09. The summed E-state index contributed by atoms with van der Waals surface area (Å²) in [4.78, 5) is 0.